The molecule has 1 amide bonds. The Morgan fingerprint density at radius 2 is 1.68 bits per heavy atom. The summed E-state index contributed by atoms with van der Waals surface area (Å²) in [4.78, 5) is 27.0. The Balaban J connectivity index is 1.80. The molecule has 0 aliphatic carbocycles. The van der Waals surface area contributed by atoms with Gasteiger partial charge in [0.25, 0.3) is 11.7 Å². The van der Waals surface area contributed by atoms with Gasteiger partial charge in [0, 0.05) is 17.4 Å². The molecule has 0 unspecified atom stereocenters. The molecule has 0 fully saturated rings. The molecule has 3 aromatic rings. The third kappa shape index (κ3) is 2.56. The quantitative estimate of drug-likeness (QED) is 0.510. The SMILES string of the molecule is O=C(NCc1ccccc1)C(=O)c1c(O)[nH]c2ccccc12. The third-order valence-corrected chi connectivity index (χ3v) is 3.42. The molecule has 22 heavy (non-hydrogen) atoms. The summed E-state index contributed by atoms with van der Waals surface area (Å²) < 4.78 is 0. The number of fused-ring (bicyclic) bond motifs is 1. The number of Topliss-reactive ketones (excluding diaryl/α,β-unsaturated/α-hetero) is 1. The fraction of sp³-hybridized carbons (Fsp3) is 0.0588. The Kier molecular flexibility index (Phi) is 3.62. The van der Waals surface area contributed by atoms with Gasteiger partial charge in [-0.25, -0.2) is 0 Å². The van der Waals surface area contributed by atoms with E-state index >= 15 is 0 Å². The number of ketones is 1. The summed E-state index contributed by atoms with van der Waals surface area (Å²) in [5.74, 6) is -1.80. The van der Waals surface area contributed by atoms with Crippen LogP contribution < -0.4 is 5.32 Å². The number of carbonyl (C=O) groups excluding carboxylic acids is 2. The fourth-order valence-corrected chi connectivity index (χ4v) is 2.33. The Labute approximate surface area is 126 Å². The van der Waals surface area contributed by atoms with Gasteiger partial charge in [0.1, 0.15) is 0 Å². The van der Waals surface area contributed by atoms with Gasteiger partial charge in [-0.15, -0.1) is 0 Å². The zero-order valence-corrected chi connectivity index (χ0v) is 11.7. The number of H-pyrrole nitrogens is 1. The summed E-state index contributed by atoms with van der Waals surface area (Å²) >= 11 is 0. The number of carbonyl (C=O) groups is 2. The van der Waals surface area contributed by atoms with Crippen LogP contribution in [0.5, 0.6) is 5.88 Å². The molecule has 0 saturated heterocycles. The number of hydrogen-bond donors (Lipinski definition) is 3. The van der Waals surface area contributed by atoms with Crippen molar-refractivity contribution in [3.05, 3.63) is 65.7 Å². The van der Waals surface area contributed by atoms with Crippen LogP contribution in [-0.4, -0.2) is 21.8 Å². The second-order valence-corrected chi connectivity index (χ2v) is 4.89. The predicted molar refractivity (Wildman–Crippen MR) is 82.6 cm³/mol. The van der Waals surface area contributed by atoms with Crippen LogP contribution in [0.1, 0.15) is 15.9 Å². The normalized spacial score (nSPS) is 10.5. The molecule has 0 atom stereocenters. The van der Waals surface area contributed by atoms with Gasteiger partial charge >= 0.3 is 0 Å². The van der Waals surface area contributed by atoms with E-state index in [4.69, 9.17) is 0 Å². The van der Waals surface area contributed by atoms with Gasteiger partial charge in [-0.05, 0) is 11.6 Å². The van der Waals surface area contributed by atoms with E-state index < -0.39 is 11.7 Å². The fourth-order valence-electron chi connectivity index (χ4n) is 2.33. The van der Waals surface area contributed by atoms with E-state index in [-0.39, 0.29) is 18.0 Å². The number of aromatic amines is 1. The van der Waals surface area contributed by atoms with Gasteiger partial charge in [-0.3, -0.25) is 9.59 Å². The lowest BCUT2D eigenvalue weighted by molar-refractivity contribution is -0.117. The van der Waals surface area contributed by atoms with E-state index in [0.29, 0.717) is 10.9 Å². The van der Waals surface area contributed by atoms with Crippen LogP contribution in [0.25, 0.3) is 10.9 Å². The summed E-state index contributed by atoms with van der Waals surface area (Å²) in [7, 11) is 0. The average molecular weight is 294 g/mol. The molecule has 0 aliphatic heterocycles. The molecule has 3 N–H and O–H groups in total. The first-order valence-corrected chi connectivity index (χ1v) is 6.83. The molecule has 0 spiro atoms. The van der Waals surface area contributed by atoms with Crippen molar-refractivity contribution < 1.29 is 14.7 Å². The van der Waals surface area contributed by atoms with E-state index in [0.717, 1.165) is 5.56 Å². The minimum atomic E-state index is -0.758. The summed E-state index contributed by atoms with van der Waals surface area (Å²) in [6.07, 6.45) is 0. The molecular formula is C17H14N2O3. The summed E-state index contributed by atoms with van der Waals surface area (Å²) in [5.41, 5.74) is 1.51. The maximum atomic E-state index is 12.3. The number of aromatic nitrogens is 1. The van der Waals surface area contributed by atoms with E-state index in [2.05, 4.69) is 10.3 Å². The molecule has 5 nitrogen and oxygen atoms in total. The minimum absolute atomic E-state index is 0.00108. The monoisotopic (exact) mass is 294 g/mol. The topological polar surface area (TPSA) is 82.2 Å². The molecule has 5 heteroatoms. The lowest BCUT2D eigenvalue weighted by atomic mass is 10.1. The Hall–Kier alpha value is -3.08. The van der Waals surface area contributed by atoms with Crippen molar-refractivity contribution in [2.45, 2.75) is 6.54 Å². The van der Waals surface area contributed by atoms with Gasteiger partial charge in [0.15, 0.2) is 0 Å². The van der Waals surface area contributed by atoms with Crippen LogP contribution >= 0.6 is 0 Å². The van der Waals surface area contributed by atoms with Crippen LogP contribution in [0.4, 0.5) is 0 Å². The van der Waals surface area contributed by atoms with Crippen molar-refractivity contribution >= 4 is 22.6 Å². The highest BCUT2D eigenvalue weighted by molar-refractivity contribution is 6.45. The summed E-state index contributed by atoms with van der Waals surface area (Å²) in [5, 5.41) is 13.0. The molecular weight excluding hydrogens is 280 g/mol. The average Bonchev–Trinajstić information content (AvgIpc) is 2.88. The number of hydrogen-bond acceptors (Lipinski definition) is 3. The van der Waals surface area contributed by atoms with E-state index in [1.165, 1.54) is 0 Å². The van der Waals surface area contributed by atoms with E-state index in [9.17, 15) is 14.7 Å². The Morgan fingerprint density at radius 1 is 1.00 bits per heavy atom. The molecule has 2 aromatic carbocycles. The number of para-hydroxylation sites is 1. The number of benzene rings is 2. The lowest BCUT2D eigenvalue weighted by Gasteiger charge is -2.04. The smallest absolute Gasteiger partial charge is 0.292 e. The standard InChI is InChI=1S/C17H14N2O3/c20-15(17(22)18-10-11-6-2-1-3-7-11)14-12-8-4-5-9-13(12)19-16(14)21/h1-9,19,21H,10H2,(H,18,22). The lowest BCUT2D eigenvalue weighted by Crippen LogP contribution is -2.30. The Bertz CT molecular complexity index is 837. The molecule has 0 aliphatic rings. The molecule has 0 saturated carbocycles. The highest BCUT2D eigenvalue weighted by atomic mass is 16.3. The summed E-state index contributed by atoms with van der Waals surface area (Å²) in [6, 6.07) is 16.2. The second-order valence-electron chi connectivity index (χ2n) is 4.89. The van der Waals surface area contributed by atoms with Crippen molar-refractivity contribution in [1.29, 1.82) is 0 Å². The van der Waals surface area contributed by atoms with Crippen molar-refractivity contribution in [3.63, 3.8) is 0 Å². The van der Waals surface area contributed by atoms with E-state index in [1.54, 1.807) is 24.3 Å². The third-order valence-electron chi connectivity index (χ3n) is 3.42. The van der Waals surface area contributed by atoms with Crippen molar-refractivity contribution in [1.82, 2.24) is 10.3 Å². The zero-order chi connectivity index (χ0) is 15.5. The van der Waals surface area contributed by atoms with E-state index in [1.807, 2.05) is 30.3 Å². The van der Waals surface area contributed by atoms with Crippen molar-refractivity contribution in [3.8, 4) is 5.88 Å². The number of amides is 1. The minimum Gasteiger partial charge on any atom is -0.494 e. The maximum Gasteiger partial charge on any atom is 0.292 e. The van der Waals surface area contributed by atoms with Gasteiger partial charge in [0.2, 0.25) is 5.88 Å². The summed E-state index contributed by atoms with van der Waals surface area (Å²) in [6.45, 7) is 0.258. The molecule has 0 radical (unpaired) electrons. The van der Waals surface area contributed by atoms with Crippen LogP contribution in [0, 0.1) is 0 Å². The second kappa shape index (κ2) is 5.73. The maximum absolute atomic E-state index is 12.3. The van der Waals surface area contributed by atoms with Crippen molar-refractivity contribution in [2.24, 2.45) is 0 Å². The number of nitrogens with one attached hydrogen (secondary N) is 2. The number of rotatable bonds is 4. The van der Waals surface area contributed by atoms with Gasteiger partial charge in [0.05, 0.1) is 5.56 Å². The number of aromatic hydroxyl groups is 1. The first-order valence-electron chi connectivity index (χ1n) is 6.83. The molecule has 3 rings (SSSR count). The van der Waals surface area contributed by atoms with Gasteiger partial charge in [-0.2, -0.15) is 0 Å². The zero-order valence-electron chi connectivity index (χ0n) is 11.7. The first-order chi connectivity index (χ1) is 10.7. The molecule has 1 aromatic heterocycles. The van der Waals surface area contributed by atoms with Gasteiger partial charge in [-0.1, -0.05) is 48.5 Å². The Morgan fingerprint density at radius 3 is 2.45 bits per heavy atom. The van der Waals surface area contributed by atoms with Crippen LogP contribution in [0.2, 0.25) is 0 Å². The van der Waals surface area contributed by atoms with Crippen LogP contribution in [-0.2, 0) is 11.3 Å². The highest BCUT2D eigenvalue weighted by Gasteiger charge is 2.24. The molecule has 1 heterocycles. The first kappa shape index (κ1) is 13.9. The molecule has 110 valence electrons. The molecule has 0 bridgehead atoms. The van der Waals surface area contributed by atoms with Gasteiger partial charge < -0.3 is 15.4 Å². The van der Waals surface area contributed by atoms with Crippen LogP contribution in [0.15, 0.2) is 54.6 Å². The largest absolute Gasteiger partial charge is 0.494 e. The van der Waals surface area contributed by atoms with Crippen molar-refractivity contribution in [2.75, 3.05) is 0 Å². The highest BCUT2D eigenvalue weighted by Crippen LogP contribution is 2.27. The van der Waals surface area contributed by atoms with Crippen LogP contribution in [0.3, 0.4) is 0 Å². The predicted octanol–water partition coefficient (Wildman–Crippen LogP) is 2.37.